The summed E-state index contributed by atoms with van der Waals surface area (Å²) in [7, 11) is 0. The smallest absolute Gasteiger partial charge is 0.306 e. The molecular weight excluding hydrogens is 304 g/mol. The van der Waals surface area contributed by atoms with Gasteiger partial charge in [0.25, 0.3) is 0 Å². The van der Waals surface area contributed by atoms with Gasteiger partial charge in [0, 0.05) is 12.0 Å². The van der Waals surface area contributed by atoms with E-state index in [2.05, 4.69) is 5.32 Å². The van der Waals surface area contributed by atoms with Gasteiger partial charge in [-0.1, -0.05) is 12.1 Å². The summed E-state index contributed by atoms with van der Waals surface area (Å²) in [6.45, 7) is 0. The molecule has 1 aromatic rings. The van der Waals surface area contributed by atoms with Gasteiger partial charge in [0.05, 0.1) is 5.92 Å². The summed E-state index contributed by atoms with van der Waals surface area (Å²) < 4.78 is 27.0. The lowest BCUT2D eigenvalue weighted by Crippen LogP contribution is -2.39. The van der Waals surface area contributed by atoms with E-state index >= 15 is 0 Å². The van der Waals surface area contributed by atoms with Crippen LogP contribution in [0.15, 0.2) is 18.2 Å². The van der Waals surface area contributed by atoms with Gasteiger partial charge in [0.2, 0.25) is 5.91 Å². The maximum Gasteiger partial charge on any atom is 0.306 e. The summed E-state index contributed by atoms with van der Waals surface area (Å²) in [4.78, 5) is 23.1. The summed E-state index contributed by atoms with van der Waals surface area (Å²) in [6, 6.07) is 4.02. The van der Waals surface area contributed by atoms with E-state index in [4.69, 9.17) is 5.11 Å². The minimum atomic E-state index is -0.888. The molecule has 2 saturated carbocycles. The molecule has 2 unspecified atom stereocenters. The fourth-order valence-corrected chi connectivity index (χ4v) is 3.43. The second kappa shape index (κ2) is 6.26. The van der Waals surface area contributed by atoms with Crippen molar-refractivity contribution in [1.82, 2.24) is 5.32 Å². The van der Waals surface area contributed by atoms with E-state index < -0.39 is 17.6 Å². The second-order valence-corrected chi connectivity index (χ2v) is 6.49. The predicted molar refractivity (Wildman–Crippen MR) is 78.7 cm³/mol. The molecule has 6 heteroatoms. The van der Waals surface area contributed by atoms with Crippen LogP contribution in [0.25, 0.3) is 0 Å². The van der Waals surface area contributed by atoms with Gasteiger partial charge in [-0.3, -0.25) is 9.59 Å². The van der Waals surface area contributed by atoms with Crippen molar-refractivity contribution in [3.63, 3.8) is 0 Å². The van der Waals surface area contributed by atoms with Gasteiger partial charge in [0.1, 0.15) is 0 Å². The zero-order valence-electron chi connectivity index (χ0n) is 12.6. The first-order chi connectivity index (χ1) is 11.0. The minimum absolute atomic E-state index is 0.0169. The first kappa shape index (κ1) is 15.9. The zero-order valence-corrected chi connectivity index (χ0v) is 12.6. The van der Waals surface area contributed by atoms with E-state index in [1.54, 1.807) is 0 Å². The van der Waals surface area contributed by atoms with Crippen LogP contribution in [0.5, 0.6) is 0 Å². The zero-order chi connectivity index (χ0) is 16.6. The Kier molecular flexibility index (Phi) is 4.33. The lowest BCUT2D eigenvalue weighted by atomic mass is 9.86. The molecule has 2 fully saturated rings. The van der Waals surface area contributed by atoms with Gasteiger partial charge in [-0.05, 0) is 49.7 Å². The molecule has 2 N–H and O–H groups in total. The van der Waals surface area contributed by atoms with E-state index in [-0.39, 0.29) is 35.3 Å². The van der Waals surface area contributed by atoms with Crippen LogP contribution in [0.2, 0.25) is 0 Å². The van der Waals surface area contributed by atoms with Crippen molar-refractivity contribution in [2.24, 2.45) is 11.8 Å². The number of carboxylic acids is 1. The third kappa shape index (κ3) is 3.35. The first-order valence-corrected chi connectivity index (χ1v) is 7.94. The van der Waals surface area contributed by atoms with Crippen LogP contribution in [0, 0.1) is 23.5 Å². The molecule has 2 aliphatic carbocycles. The highest BCUT2D eigenvalue weighted by atomic mass is 19.2. The fraction of sp³-hybridized carbons (Fsp3) is 0.529. The summed E-state index contributed by atoms with van der Waals surface area (Å²) in [5, 5.41) is 11.9. The number of hydrogen-bond donors (Lipinski definition) is 2. The molecule has 1 aromatic carbocycles. The standard InChI is InChI=1S/C17H19F2NO3/c18-14-3-1-2-11(15(14)19)12-8-13(12)16(21)20-10-6-4-9(5-7-10)17(22)23/h1-3,9-10,12-13H,4-8H2,(H,20,21)(H,22,23). The van der Waals surface area contributed by atoms with Crippen LogP contribution in [-0.4, -0.2) is 23.0 Å². The summed E-state index contributed by atoms with van der Waals surface area (Å²) in [5.74, 6) is -3.57. The quantitative estimate of drug-likeness (QED) is 0.895. The molecule has 2 atom stereocenters. The molecule has 0 bridgehead atoms. The Labute approximate surface area is 132 Å². The van der Waals surface area contributed by atoms with E-state index in [9.17, 15) is 18.4 Å². The average molecular weight is 323 g/mol. The Morgan fingerprint density at radius 2 is 1.83 bits per heavy atom. The Morgan fingerprint density at radius 3 is 2.48 bits per heavy atom. The molecule has 0 heterocycles. The molecule has 4 nitrogen and oxygen atoms in total. The molecule has 23 heavy (non-hydrogen) atoms. The number of aliphatic carboxylic acids is 1. The Morgan fingerprint density at radius 1 is 1.13 bits per heavy atom. The number of benzene rings is 1. The maximum atomic E-state index is 13.7. The Hall–Kier alpha value is -1.98. The average Bonchev–Trinajstić information content (AvgIpc) is 3.31. The van der Waals surface area contributed by atoms with Gasteiger partial charge >= 0.3 is 5.97 Å². The first-order valence-electron chi connectivity index (χ1n) is 7.94. The van der Waals surface area contributed by atoms with Crippen molar-refractivity contribution in [3.05, 3.63) is 35.4 Å². The Balaban J connectivity index is 1.53. The molecule has 1 amide bonds. The van der Waals surface area contributed by atoms with E-state index in [0.717, 1.165) is 6.07 Å². The monoisotopic (exact) mass is 323 g/mol. The lowest BCUT2D eigenvalue weighted by molar-refractivity contribution is -0.142. The molecule has 3 rings (SSSR count). The van der Waals surface area contributed by atoms with E-state index in [1.807, 2.05) is 0 Å². The third-order valence-corrected chi connectivity index (χ3v) is 4.93. The van der Waals surface area contributed by atoms with Gasteiger partial charge in [-0.2, -0.15) is 0 Å². The number of carboxylic acid groups (broad SMARTS) is 1. The lowest BCUT2D eigenvalue weighted by Gasteiger charge is -2.26. The van der Waals surface area contributed by atoms with Crippen molar-refractivity contribution in [3.8, 4) is 0 Å². The highest BCUT2D eigenvalue weighted by Crippen LogP contribution is 2.48. The molecular formula is C17H19F2NO3. The Bertz CT molecular complexity index is 626. The fourth-order valence-electron chi connectivity index (χ4n) is 3.43. The highest BCUT2D eigenvalue weighted by Gasteiger charge is 2.46. The van der Waals surface area contributed by atoms with Crippen molar-refractivity contribution in [1.29, 1.82) is 0 Å². The number of hydrogen-bond acceptors (Lipinski definition) is 2. The summed E-state index contributed by atoms with van der Waals surface area (Å²) >= 11 is 0. The number of nitrogens with one attached hydrogen (secondary N) is 1. The summed E-state index contributed by atoms with van der Waals surface area (Å²) in [6.07, 6.45) is 2.94. The van der Waals surface area contributed by atoms with Crippen molar-refractivity contribution >= 4 is 11.9 Å². The molecule has 0 aromatic heterocycles. The van der Waals surface area contributed by atoms with Crippen LogP contribution in [0.4, 0.5) is 8.78 Å². The van der Waals surface area contributed by atoms with Crippen molar-refractivity contribution in [2.45, 2.75) is 44.1 Å². The predicted octanol–water partition coefficient (Wildman–Crippen LogP) is 2.83. The number of amides is 1. The molecule has 0 radical (unpaired) electrons. The minimum Gasteiger partial charge on any atom is -0.481 e. The SMILES string of the molecule is O=C(O)C1CCC(NC(=O)C2CC2c2cccc(F)c2F)CC1. The molecule has 0 saturated heterocycles. The number of halogens is 2. The summed E-state index contributed by atoms with van der Waals surface area (Å²) in [5.41, 5.74) is 0.264. The normalized spacial score (nSPS) is 29.8. The third-order valence-electron chi connectivity index (χ3n) is 4.93. The van der Waals surface area contributed by atoms with Crippen LogP contribution in [-0.2, 0) is 9.59 Å². The molecule has 2 aliphatic rings. The van der Waals surface area contributed by atoms with Crippen LogP contribution >= 0.6 is 0 Å². The molecule has 124 valence electrons. The topological polar surface area (TPSA) is 66.4 Å². The van der Waals surface area contributed by atoms with Crippen LogP contribution in [0.3, 0.4) is 0 Å². The number of carbonyl (C=O) groups is 2. The number of rotatable bonds is 4. The maximum absolute atomic E-state index is 13.7. The van der Waals surface area contributed by atoms with Crippen molar-refractivity contribution < 1.29 is 23.5 Å². The van der Waals surface area contributed by atoms with Gasteiger partial charge in [-0.15, -0.1) is 0 Å². The van der Waals surface area contributed by atoms with Crippen molar-refractivity contribution in [2.75, 3.05) is 0 Å². The van der Waals surface area contributed by atoms with Crippen LogP contribution in [0.1, 0.15) is 43.6 Å². The largest absolute Gasteiger partial charge is 0.481 e. The van der Waals surface area contributed by atoms with Gasteiger partial charge in [-0.25, -0.2) is 8.78 Å². The number of carbonyl (C=O) groups excluding carboxylic acids is 1. The van der Waals surface area contributed by atoms with Gasteiger partial charge in [0.15, 0.2) is 11.6 Å². The van der Waals surface area contributed by atoms with Gasteiger partial charge < -0.3 is 10.4 Å². The van der Waals surface area contributed by atoms with Crippen LogP contribution < -0.4 is 5.32 Å². The van der Waals surface area contributed by atoms with E-state index in [0.29, 0.717) is 32.1 Å². The molecule has 0 spiro atoms. The molecule has 0 aliphatic heterocycles. The second-order valence-electron chi connectivity index (χ2n) is 6.49. The highest BCUT2D eigenvalue weighted by molar-refractivity contribution is 5.83. The van der Waals surface area contributed by atoms with E-state index in [1.165, 1.54) is 12.1 Å².